The van der Waals surface area contributed by atoms with Crippen LogP contribution in [0.5, 0.6) is 0 Å². The molecule has 2 unspecified atom stereocenters. The minimum absolute atomic E-state index is 0. The fourth-order valence-electron chi connectivity index (χ4n) is 11.7. The van der Waals surface area contributed by atoms with E-state index in [1.807, 2.05) is 64.2 Å². The van der Waals surface area contributed by atoms with Crippen LogP contribution >= 0.6 is 22.7 Å². The first-order valence-corrected chi connectivity index (χ1v) is 30.7. The van der Waals surface area contributed by atoms with Gasteiger partial charge in [-0.1, -0.05) is 189 Å². The molecule has 7 aromatic carbocycles. The maximum absolute atomic E-state index is 2.53. The fourth-order valence-corrected chi connectivity index (χ4v) is 13.8. The summed E-state index contributed by atoms with van der Waals surface area (Å²) in [7, 11) is 0. The lowest BCUT2D eigenvalue weighted by molar-refractivity contribution is 0.493. The maximum atomic E-state index is 2.53. The van der Waals surface area contributed by atoms with Crippen LogP contribution in [0.15, 0.2) is 242 Å². The Bertz CT molecular complexity index is 3670. The van der Waals surface area contributed by atoms with Gasteiger partial charge in [-0.25, -0.2) is 0 Å². The number of fused-ring (bicyclic) bond motifs is 3. The van der Waals surface area contributed by atoms with Gasteiger partial charge < -0.3 is 9.80 Å². The van der Waals surface area contributed by atoms with Gasteiger partial charge in [0.15, 0.2) is 0 Å². The van der Waals surface area contributed by atoms with Crippen LogP contribution in [0.25, 0.3) is 48.4 Å². The van der Waals surface area contributed by atoms with E-state index in [0.717, 1.165) is 62.0 Å². The maximum Gasteiger partial charge on any atom is 0.0462 e. The normalized spacial score (nSPS) is 15.6. The van der Waals surface area contributed by atoms with Gasteiger partial charge in [0.25, 0.3) is 0 Å². The molecule has 404 valence electrons. The SMILES string of the molecule is C.C1=CCCCC(N(c2ccccc2)c2ccc(C3c4ccc(-c5ccc(-c6ccc(-c7ccc8c(c7)=CCC=8)s6)s5)cc4C(c4ccc(N(c5ccccc5)c5ccccc5)cc4)=C4C=CCCCC43)cc2)=C1.CC.CC.CC. The van der Waals surface area contributed by atoms with Crippen molar-refractivity contribution in [3.63, 3.8) is 0 Å². The number of hydrogen-bond acceptors (Lipinski definition) is 4. The highest BCUT2D eigenvalue weighted by molar-refractivity contribution is 7.25. The first kappa shape index (κ1) is 56.9. The summed E-state index contributed by atoms with van der Waals surface area (Å²) in [6, 6.07) is 75.0. The molecule has 2 atom stereocenters. The molecule has 0 amide bonds. The van der Waals surface area contributed by atoms with E-state index in [2.05, 4.69) is 253 Å². The number of anilines is 5. The van der Waals surface area contributed by atoms with Gasteiger partial charge in [-0.3, -0.25) is 0 Å². The zero-order valence-corrected chi connectivity index (χ0v) is 48.5. The third-order valence-electron chi connectivity index (χ3n) is 15.2. The largest absolute Gasteiger partial charge is 0.314 e. The molecule has 0 radical (unpaired) electrons. The van der Waals surface area contributed by atoms with Gasteiger partial charge in [-0.2, -0.15) is 0 Å². The van der Waals surface area contributed by atoms with Crippen molar-refractivity contribution in [2.45, 2.75) is 99.8 Å². The Morgan fingerprint density at radius 3 is 1.60 bits per heavy atom. The van der Waals surface area contributed by atoms with E-state index >= 15 is 0 Å². The highest BCUT2D eigenvalue weighted by atomic mass is 32.1. The lowest BCUT2D eigenvalue weighted by Gasteiger charge is -2.37. The molecule has 13 rings (SSSR count). The monoisotopic (exact) mass is 1080 g/mol. The third kappa shape index (κ3) is 12.0. The van der Waals surface area contributed by atoms with Crippen molar-refractivity contribution in [2.75, 3.05) is 9.80 Å². The van der Waals surface area contributed by atoms with Crippen molar-refractivity contribution < 1.29 is 0 Å². The first-order valence-electron chi connectivity index (χ1n) is 29.1. The Balaban J connectivity index is 0.00000107. The Hall–Kier alpha value is -7.76. The Morgan fingerprint density at radius 2 is 0.963 bits per heavy atom. The van der Waals surface area contributed by atoms with Crippen molar-refractivity contribution in [3.05, 3.63) is 275 Å². The summed E-state index contributed by atoms with van der Waals surface area (Å²) in [6.45, 7) is 12.0. The van der Waals surface area contributed by atoms with Gasteiger partial charge in [0, 0.05) is 59.6 Å². The van der Waals surface area contributed by atoms with Crippen LogP contribution in [0.1, 0.15) is 122 Å². The summed E-state index contributed by atoms with van der Waals surface area (Å²) < 4.78 is 0. The minimum atomic E-state index is 0. The van der Waals surface area contributed by atoms with Crippen LogP contribution in [0.4, 0.5) is 28.4 Å². The number of benzene rings is 7. The van der Waals surface area contributed by atoms with Crippen LogP contribution in [-0.4, -0.2) is 0 Å². The fraction of sp³-hybridized carbons (Fsp3) is 0.211. The van der Waals surface area contributed by atoms with Gasteiger partial charge in [0.1, 0.15) is 0 Å². The molecule has 0 saturated heterocycles. The van der Waals surface area contributed by atoms with Crippen LogP contribution in [0, 0.1) is 5.92 Å². The molecular weight excluding hydrogens is 1000 g/mol. The average molecular weight is 1080 g/mol. The lowest BCUT2D eigenvalue weighted by Crippen LogP contribution is -2.23. The number of rotatable bonds is 11. The molecule has 0 saturated carbocycles. The zero-order chi connectivity index (χ0) is 54.5. The number of thiophene rings is 2. The number of nitrogens with zero attached hydrogens (tertiary/aromatic N) is 2. The van der Waals surface area contributed by atoms with Crippen LogP contribution < -0.4 is 20.2 Å². The summed E-state index contributed by atoms with van der Waals surface area (Å²) in [4.78, 5) is 10.1. The molecule has 4 aliphatic rings. The van der Waals surface area contributed by atoms with Crippen molar-refractivity contribution >= 4 is 68.8 Å². The minimum Gasteiger partial charge on any atom is -0.314 e. The predicted molar refractivity (Wildman–Crippen MR) is 354 cm³/mol. The molecule has 0 fully saturated rings. The number of hydrogen-bond donors (Lipinski definition) is 0. The molecule has 0 spiro atoms. The highest BCUT2D eigenvalue weighted by Crippen LogP contribution is 2.53. The van der Waals surface area contributed by atoms with E-state index in [4.69, 9.17) is 0 Å². The van der Waals surface area contributed by atoms with E-state index in [9.17, 15) is 0 Å². The van der Waals surface area contributed by atoms with E-state index in [1.54, 1.807) is 0 Å². The standard InChI is InChI=1S/C69H56N2S2.3C2H6.CH4/c1-2-8-21-54(20-7-1)70(55-22-9-3-10-23-55)58-37-32-49(33-38-58)68-60-28-15-6-16-29-61(60)69(50-34-39-59(40-35-50)71(56-24-11-4-12-25-56)57-26-13-5-14-27-57)63-47-53(36-41-62(63)68)65-43-45-67(73-65)66-44-42-64(72-66)52-31-30-48-18-17-19-51(48)46-52;3*1-2;/h1,3-5,7,9-14,16,18-20,22-27,29-47,60,68H,2,6,8,15,17,21,28H2;3*1-2H3;1H4. The van der Waals surface area contributed by atoms with Crippen LogP contribution in [-0.2, 0) is 0 Å². The third-order valence-corrected chi connectivity index (χ3v) is 17.7. The lowest BCUT2D eigenvalue weighted by atomic mass is 9.66. The predicted octanol–water partition coefficient (Wildman–Crippen LogP) is 22.0. The van der Waals surface area contributed by atoms with Gasteiger partial charge in [0.05, 0.1) is 0 Å². The molecule has 0 aliphatic heterocycles. The Labute approximate surface area is 486 Å². The molecule has 0 N–H and O–H groups in total. The highest BCUT2D eigenvalue weighted by Gasteiger charge is 2.37. The Morgan fingerprint density at radius 1 is 0.450 bits per heavy atom. The molecule has 4 aliphatic carbocycles. The van der Waals surface area contributed by atoms with E-state index in [1.165, 1.54) is 91.5 Å². The molecule has 2 heterocycles. The topological polar surface area (TPSA) is 6.48 Å². The van der Waals surface area contributed by atoms with Gasteiger partial charge >= 0.3 is 0 Å². The molecule has 0 bridgehead atoms. The second kappa shape index (κ2) is 27.4. The molecule has 4 heteroatoms. The zero-order valence-electron chi connectivity index (χ0n) is 46.9. The van der Waals surface area contributed by atoms with Crippen LogP contribution in [0.2, 0.25) is 0 Å². The van der Waals surface area contributed by atoms with Crippen molar-refractivity contribution in [2.24, 2.45) is 5.92 Å². The van der Waals surface area contributed by atoms with Crippen molar-refractivity contribution in [1.29, 1.82) is 0 Å². The van der Waals surface area contributed by atoms with Gasteiger partial charge in [-0.05, 0) is 209 Å². The molecule has 2 nitrogen and oxygen atoms in total. The Kier molecular flexibility index (Phi) is 19.5. The van der Waals surface area contributed by atoms with Gasteiger partial charge in [0.2, 0.25) is 0 Å². The summed E-state index contributed by atoms with van der Waals surface area (Å²) >= 11 is 3.80. The molecule has 9 aromatic rings. The summed E-state index contributed by atoms with van der Waals surface area (Å²) in [5.74, 6) is 0.527. The molecule has 2 aromatic heterocycles. The smallest absolute Gasteiger partial charge is 0.0462 e. The van der Waals surface area contributed by atoms with Crippen molar-refractivity contribution in [1.82, 2.24) is 0 Å². The summed E-state index contributed by atoms with van der Waals surface area (Å²) in [5.41, 5.74) is 17.9. The first-order chi connectivity index (χ1) is 39.2. The summed E-state index contributed by atoms with van der Waals surface area (Å²) in [5, 5.41) is 2.70. The average Bonchev–Trinajstić information content (AvgIpc) is 4.30. The second-order valence-corrected chi connectivity index (χ2v) is 21.8. The second-order valence-electron chi connectivity index (χ2n) is 19.7. The van der Waals surface area contributed by atoms with Crippen LogP contribution in [0.3, 0.4) is 0 Å². The molecule has 80 heavy (non-hydrogen) atoms. The van der Waals surface area contributed by atoms with E-state index in [-0.39, 0.29) is 13.3 Å². The van der Waals surface area contributed by atoms with Crippen molar-refractivity contribution in [3.8, 4) is 30.6 Å². The van der Waals surface area contributed by atoms with E-state index in [0.29, 0.717) is 5.92 Å². The summed E-state index contributed by atoms with van der Waals surface area (Å²) in [6.07, 6.45) is 24.1. The molecular formula is C76H78N2S2. The number of allylic oxidation sites excluding steroid dienone is 7. The van der Waals surface area contributed by atoms with Gasteiger partial charge in [-0.15, -0.1) is 22.7 Å². The van der Waals surface area contributed by atoms with E-state index < -0.39 is 0 Å². The number of para-hydroxylation sites is 3. The quantitative estimate of drug-likeness (QED) is 0.127.